The third-order valence-electron chi connectivity index (χ3n) is 2.01. The van der Waals surface area contributed by atoms with Crippen LogP contribution in [0.25, 0.3) is 0 Å². The topological polar surface area (TPSA) is 50.1 Å². The number of benzene rings is 1. The zero-order chi connectivity index (χ0) is 11.1. The van der Waals surface area contributed by atoms with E-state index in [0.29, 0.717) is 13.0 Å². The van der Waals surface area contributed by atoms with E-state index in [1.54, 1.807) is 6.92 Å². The molecule has 0 amide bonds. The van der Waals surface area contributed by atoms with Crippen LogP contribution in [0.4, 0.5) is 0 Å². The first-order valence-electron chi connectivity index (χ1n) is 4.88. The van der Waals surface area contributed by atoms with Crippen molar-refractivity contribution in [2.24, 2.45) is 5.92 Å². The van der Waals surface area contributed by atoms with E-state index in [-0.39, 0.29) is 0 Å². The summed E-state index contributed by atoms with van der Waals surface area (Å²) >= 11 is 0. The number of rotatable bonds is 4. The molecule has 1 rings (SSSR count). The second-order valence-electron chi connectivity index (χ2n) is 3.12. The van der Waals surface area contributed by atoms with Crippen LogP contribution in [-0.4, -0.2) is 12.6 Å². The number of nitriles is 1. The van der Waals surface area contributed by atoms with Gasteiger partial charge in [0.1, 0.15) is 5.92 Å². The second kappa shape index (κ2) is 5.82. The predicted molar refractivity (Wildman–Crippen MR) is 55.9 cm³/mol. The van der Waals surface area contributed by atoms with Crippen molar-refractivity contribution in [2.75, 3.05) is 6.61 Å². The van der Waals surface area contributed by atoms with Crippen LogP contribution in [0.1, 0.15) is 12.5 Å². The number of carbonyl (C=O) groups is 1. The van der Waals surface area contributed by atoms with Crippen molar-refractivity contribution in [1.82, 2.24) is 0 Å². The van der Waals surface area contributed by atoms with Gasteiger partial charge < -0.3 is 4.74 Å². The summed E-state index contributed by atoms with van der Waals surface area (Å²) in [4.78, 5) is 11.3. The highest BCUT2D eigenvalue weighted by Crippen LogP contribution is 2.09. The van der Waals surface area contributed by atoms with Gasteiger partial charge in [-0.25, -0.2) is 0 Å². The molecule has 0 heterocycles. The Bertz CT molecular complexity index is 354. The lowest BCUT2D eigenvalue weighted by molar-refractivity contribution is -0.145. The molecule has 0 bridgehead atoms. The minimum Gasteiger partial charge on any atom is -0.465 e. The monoisotopic (exact) mass is 203 g/mol. The van der Waals surface area contributed by atoms with Gasteiger partial charge in [0.25, 0.3) is 0 Å². The Labute approximate surface area is 89.3 Å². The summed E-state index contributed by atoms with van der Waals surface area (Å²) in [6.07, 6.45) is 0.413. The average molecular weight is 203 g/mol. The molecule has 15 heavy (non-hydrogen) atoms. The van der Waals surface area contributed by atoms with E-state index in [1.807, 2.05) is 36.4 Å². The van der Waals surface area contributed by atoms with Gasteiger partial charge in [0.15, 0.2) is 0 Å². The van der Waals surface area contributed by atoms with Gasteiger partial charge in [0, 0.05) is 0 Å². The fraction of sp³-hybridized carbons (Fsp3) is 0.333. The highest BCUT2D eigenvalue weighted by molar-refractivity contribution is 5.75. The minimum absolute atomic E-state index is 0.311. The summed E-state index contributed by atoms with van der Waals surface area (Å²) in [5, 5.41) is 8.83. The molecule has 0 saturated heterocycles. The summed E-state index contributed by atoms with van der Waals surface area (Å²) in [6, 6.07) is 11.4. The van der Waals surface area contributed by atoms with Crippen molar-refractivity contribution in [3.63, 3.8) is 0 Å². The van der Waals surface area contributed by atoms with Crippen LogP contribution >= 0.6 is 0 Å². The Kier molecular flexibility index (Phi) is 4.36. The van der Waals surface area contributed by atoms with Gasteiger partial charge in [0.2, 0.25) is 0 Å². The van der Waals surface area contributed by atoms with Gasteiger partial charge in [-0.1, -0.05) is 30.3 Å². The Morgan fingerprint density at radius 1 is 1.47 bits per heavy atom. The first-order valence-corrected chi connectivity index (χ1v) is 4.88. The van der Waals surface area contributed by atoms with Crippen molar-refractivity contribution >= 4 is 5.97 Å². The van der Waals surface area contributed by atoms with Crippen molar-refractivity contribution < 1.29 is 9.53 Å². The number of ether oxygens (including phenoxy) is 1. The fourth-order valence-corrected chi connectivity index (χ4v) is 1.27. The van der Waals surface area contributed by atoms with Gasteiger partial charge in [0.05, 0.1) is 12.7 Å². The lowest BCUT2D eigenvalue weighted by Crippen LogP contribution is -2.18. The lowest BCUT2D eigenvalue weighted by Gasteiger charge is -2.07. The molecule has 0 radical (unpaired) electrons. The molecular formula is C12H13NO2. The first-order chi connectivity index (χ1) is 7.27. The molecule has 0 unspecified atom stereocenters. The van der Waals surface area contributed by atoms with Crippen LogP contribution in [0.5, 0.6) is 0 Å². The Morgan fingerprint density at radius 2 is 2.13 bits per heavy atom. The van der Waals surface area contributed by atoms with Crippen LogP contribution < -0.4 is 0 Å². The number of hydrogen-bond acceptors (Lipinski definition) is 3. The predicted octanol–water partition coefficient (Wildman–Crippen LogP) is 1.93. The van der Waals surface area contributed by atoms with E-state index in [1.165, 1.54) is 0 Å². The van der Waals surface area contributed by atoms with E-state index in [4.69, 9.17) is 10.00 Å². The molecule has 0 saturated carbocycles. The SMILES string of the molecule is CCOC(=O)[C@@H](C#N)Cc1ccccc1. The highest BCUT2D eigenvalue weighted by atomic mass is 16.5. The minimum atomic E-state index is -0.702. The summed E-state index contributed by atoms with van der Waals surface area (Å²) in [5.41, 5.74) is 0.970. The molecule has 0 aliphatic heterocycles. The van der Waals surface area contributed by atoms with Crippen molar-refractivity contribution in [3.05, 3.63) is 35.9 Å². The molecular weight excluding hydrogens is 190 g/mol. The maximum absolute atomic E-state index is 11.3. The van der Waals surface area contributed by atoms with Crippen LogP contribution in [0, 0.1) is 17.2 Å². The molecule has 0 fully saturated rings. The molecule has 3 heteroatoms. The smallest absolute Gasteiger partial charge is 0.323 e. The van der Waals surface area contributed by atoms with E-state index in [9.17, 15) is 4.79 Å². The lowest BCUT2D eigenvalue weighted by atomic mass is 10.0. The van der Waals surface area contributed by atoms with Crippen molar-refractivity contribution in [3.8, 4) is 6.07 Å². The maximum atomic E-state index is 11.3. The summed E-state index contributed by atoms with van der Waals surface area (Å²) in [7, 11) is 0. The normalized spacial score (nSPS) is 11.5. The summed E-state index contributed by atoms with van der Waals surface area (Å²) in [6.45, 7) is 2.04. The Morgan fingerprint density at radius 3 is 2.67 bits per heavy atom. The second-order valence-corrected chi connectivity index (χ2v) is 3.12. The van der Waals surface area contributed by atoms with Gasteiger partial charge in [-0.2, -0.15) is 5.26 Å². The molecule has 0 N–H and O–H groups in total. The van der Waals surface area contributed by atoms with Crippen LogP contribution in [0.3, 0.4) is 0 Å². The first kappa shape index (κ1) is 11.3. The van der Waals surface area contributed by atoms with E-state index < -0.39 is 11.9 Å². The molecule has 1 aromatic carbocycles. The fourth-order valence-electron chi connectivity index (χ4n) is 1.27. The number of carbonyl (C=O) groups excluding carboxylic acids is 1. The third kappa shape index (κ3) is 3.43. The summed E-state index contributed by atoms with van der Waals surface area (Å²) < 4.78 is 4.81. The number of nitrogens with zero attached hydrogens (tertiary/aromatic N) is 1. The maximum Gasteiger partial charge on any atom is 0.323 e. The van der Waals surface area contributed by atoms with E-state index in [2.05, 4.69) is 0 Å². The van der Waals surface area contributed by atoms with Gasteiger partial charge >= 0.3 is 5.97 Å². The van der Waals surface area contributed by atoms with E-state index >= 15 is 0 Å². The van der Waals surface area contributed by atoms with Gasteiger partial charge in [-0.05, 0) is 18.9 Å². The van der Waals surface area contributed by atoms with Gasteiger partial charge in [-0.15, -0.1) is 0 Å². The Balaban J connectivity index is 2.63. The molecule has 3 nitrogen and oxygen atoms in total. The average Bonchev–Trinajstić information content (AvgIpc) is 2.27. The quantitative estimate of drug-likeness (QED) is 0.702. The third-order valence-corrected chi connectivity index (χ3v) is 2.01. The molecule has 0 aliphatic carbocycles. The molecule has 78 valence electrons. The Hall–Kier alpha value is -1.82. The van der Waals surface area contributed by atoms with Crippen molar-refractivity contribution in [2.45, 2.75) is 13.3 Å². The zero-order valence-corrected chi connectivity index (χ0v) is 8.64. The number of hydrogen-bond donors (Lipinski definition) is 0. The zero-order valence-electron chi connectivity index (χ0n) is 8.64. The summed E-state index contributed by atoms with van der Waals surface area (Å²) in [5.74, 6) is -1.14. The number of esters is 1. The molecule has 0 aromatic heterocycles. The highest BCUT2D eigenvalue weighted by Gasteiger charge is 2.19. The van der Waals surface area contributed by atoms with Crippen LogP contribution in [0.2, 0.25) is 0 Å². The van der Waals surface area contributed by atoms with Gasteiger partial charge in [-0.3, -0.25) is 4.79 Å². The molecule has 1 atom stereocenters. The molecule has 0 spiro atoms. The van der Waals surface area contributed by atoms with E-state index in [0.717, 1.165) is 5.56 Å². The largest absolute Gasteiger partial charge is 0.465 e. The molecule has 0 aliphatic rings. The van der Waals surface area contributed by atoms with Crippen molar-refractivity contribution in [1.29, 1.82) is 5.26 Å². The standard InChI is InChI=1S/C12H13NO2/c1-2-15-12(14)11(9-13)8-10-6-4-3-5-7-10/h3-7,11H,2,8H2,1H3/t11-/m1/s1. The molecule has 1 aromatic rings. The van der Waals surface area contributed by atoms with Crippen LogP contribution in [0.15, 0.2) is 30.3 Å². The van der Waals surface area contributed by atoms with Crippen LogP contribution in [-0.2, 0) is 16.0 Å².